The molecule has 0 unspecified atom stereocenters. The molecular formula is C55H34N4O. The fourth-order valence-corrected chi connectivity index (χ4v) is 8.77. The van der Waals surface area contributed by atoms with Crippen LogP contribution in [0.25, 0.3) is 117 Å². The number of aromatic nitrogens is 4. The largest absolute Gasteiger partial charge is 0.456 e. The Kier molecular flexibility index (Phi) is 7.78. The maximum absolute atomic E-state index is 6.29. The summed E-state index contributed by atoms with van der Waals surface area (Å²) in [5.41, 5.74) is 12.3. The van der Waals surface area contributed by atoms with Gasteiger partial charge in [0.15, 0.2) is 17.5 Å². The van der Waals surface area contributed by atoms with Crippen LogP contribution in [-0.2, 0) is 0 Å². The Bertz CT molecular complexity index is 3620. The van der Waals surface area contributed by atoms with Gasteiger partial charge < -0.3 is 8.98 Å². The summed E-state index contributed by atoms with van der Waals surface area (Å²) in [5, 5.41) is 7.04. The fourth-order valence-electron chi connectivity index (χ4n) is 8.77. The Hall–Kier alpha value is -8.15. The Morgan fingerprint density at radius 1 is 0.333 bits per heavy atom. The molecule has 0 spiro atoms. The second-order valence-corrected chi connectivity index (χ2v) is 15.2. The molecule has 3 heterocycles. The minimum Gasteiger partial charge on any atom is -0.456 e. The van der Waals surface area contributed by atoms with Gasteiger partial charge >= 0.3 is 0 Å². The number of nitrogens with zero attached hydrogens (tertiary/aromatic N) is 4. The minimum atomic E-state index is 0.608. The van der Waals surface area contributed by atoms with Crippen LogP contribution in [0.1, 0.15) is 0 Å². The van der Waals surface area contributed by atoms with Crippen molar-refractivity contribution in [3.8, 4) is 62.1 Å². The van der Waals surface area contributed by atoms with Gasteiger partial charge in [-0.3, -0.25) is 0 Å². The highest BCUT2D eigenvalue weighted by Gasteiger charge is 2.18. The molecule has 9 aromatic carbocycles. The lowest BCUT2D eigenvalue weighted by Gasteiger charge is -2.12. The number of hydrogen-bond acceptors (Lipinski definition) is 4. The summed E-state index contributed by atoms with van der Waals surface area (Å²) in [5.74, 6) is 1.85. The van der Waals surface area contributed by atoms with Crippen molar-refractivity contribution in [2.45, 2.75) is 0 Å². The van der Waals surface area contributed by atoms with Crippen molar-refractivity contribution in [3.05, 3.63) is 206 Å². The van der Waals surface area contributed by atoms with Crippen molar-refractivity contribution in [2.24, 2.45) is 0 Å². The quantitative estimate of drug-likeness (QED) is 0.169. The zero-order chi connectivity index (χ0) is 39.6. The third-order valence-electron chi connectivity index (χ3n) is 11.6. The van der Waals surface area contributed by atoms with E-state index in [0.29, 0.717) is 17.5 Å². The lowest BCUT2D eigenvalue weighted by Crippen LogP contribution is -2.01. The third kappa shape index (κ3) is 5.67. The minimum absolute atomic E-state index is 0.608. The first-order valence-electron chi connectivity index (χ1n) is 20.2. The molecule has 5 nitrogen and oxygen atoms in total. The van der Waals surface area contributed by atoms with Gasteiger partial charge in [0, 0.05) is 43.9 Å². The summed E-state index contributed by atoms with van der Waals surface area (Å²) in [6, 6.07) is 72.3. The van der Waals surface area contributed by atoms with Crippen LogP contribution in [-0.4, -0.2) is 19.5 Å². The van der Waals surface area contributed by atoms with Crippen molar-refractivity contribution in [2.75, 3.05) is 0 Å². The van der Waals surface area contributed by atoms with Crippen LogP contribution in [0, 0.1) is 0 Å². The van der Waals surface area contributed by atoms with Gasteiger partial charge in [0.1, 0.15) is 11.2 Å². The van der Waals surface area contributed by atoms with Crippen LogP contribution < -0.4 is 0 Å². The Morgan fingerprint density at radius 2 is 0.933 bits per heavy atom. The molecule has 0 N–H and O–H groups in total. The third-order valence-corrected chi connectivity index (χ3v) is 11.6. The number of hydrogen-bond donors (Lipinski definition) is 0. The average molecular weight is 767 g/mol. The highest BCUT2D eigenvalue weighted by atomic mass is 16.3. The van der Waals surface area contributed by atoms with Crippen molar-refractivity contribution in [1.82, 2.24) is 19.5 Å². The van der Waals surface area contributed by atoms with Gasteiger partial charge in [-0.15, -0.1) is 0 Å². The van der Waals surface area contributed by atoms with Gasteiger partial charge in [0.25, 0.3) is 0 Å². The van der Waals surface area contributed by atoms with Crippen LogP contribution in [0.4, 0.5) is 0 Å². The number of rotatable bonds is 6. The Morgan fingerprint density at radius 3 is 1.80 bits per heavy atom. The molecule has 0 radical (unpaired) electrons. The van der Waals surface area contributed by atoms with Gasteiger partial charge in [-0.05, 0) is 81.6 Å². The molecule has 5 heteroatoms. The first-order valence-corrected chi connectivity index (χ1v) is 20.2. The first-order chi connectivity index (χ1) is 29.7. The van der Waals surface area contributed by atoms with Crippen molar-refractivity contribution in [3.63, 3.8) is 0 Å². The molecule has 0 saturated carbocycles. The van der Waals surface area contributed by atoms with E-state index in [0.717, 1.165) is 77.6 Å². The molecule has 0 bridgehead atoms. The van der Waals surface area contributed by atoms with E-state index in [4.69, 9.17) is 19.4 Å². The van der Waals surface area contributed by atoms with E-state index in [-0.39, 0.29) is 0 Å². The predicted molar refractivity (Wildman–Crippen MR) is 246 cm³/mol. The smallest absolute Gasteiger partial charge is 0.164 e. The van der Waals surface area contributed by atoms with E-state index < -0.39 is 0 Å². The maximum Gasteiger partial charge on any atom is 0.164 e. The molecular weight excluding hydrogens is 733 g/mol. The summed E-state index contributed by atoms with van der Waals surface area (Å²) in [7, 11) is 0. The lowest BCUT2D eigenvalue weighted by molar-refractivity contribution is 0.669. The number of furan rings is 1. The first kappa shape index (κ1) is 33.9. The van der Waals surface area contributed by atoms with E-state index in [1.165, 1.54) is 21.5 Å². The standard InChI is InChI=1S/C55H34N4O/c1-2-14-36(15-3-1)53-56-54(41-18-10-17-38(32-41)39-28-27-35-13-4-5-16-37(35)31-39)58-55(57-53)42-19-11-20-43(33-42)59-48-24-8-6-21-45(48)46-30-29-40(34-49(46)59)44-23-12-26-51-52(44)47-22-7-9-25-50(47)60-51/h1-34H. The van der Waals surface area contributed by atoms with Crippen LogP contribution in [0.15, 0.2) is 211 Å². The lowest BCUT2D eigenvalue weighted by atomic mass is 9.98. The molecule has 280 valence electrons. The summed E-state index contributed by atoms with van der Waals surface area (Å²) in [6.07, 6.45) is 0. The molecule has 0 fully saturated rings. The second-order valence-electron chi connectivity index (χ2n) is 15.2. The SMILES string of the molecule is c1ccc(-c2nc(-c3cccc(-c4ccc5ccccc5c4)c3)nc(-c3cccc(-n4c5ccccc5c5ccc(-c6cccc7oc8ccccc8c67)cc54)c3)n2)cc1. The topological polar surface area (TPSA) is 56.7 Å². The van der Waals surface area contributed by atoms with Crippen molar-refractivity contribution < 1.29 is 4.42 Å². The molecule has 0 aliphatic rings. The normalized spacial score (nSPS) is 11.7. The van der Waals surface area contributed by atoms with E-state index in [2.05, 4.69) is 168 Å². The predicted octanol–water partition coefficient (Wildman–Crippen LogP) is 14.4. The average Bonchev–Trinajstić information content (AvgIpc) is 3.87. The van der Waals surface area contributed by atoms with Crippen LogP contribution in [0.2, 0.25) is 0 Å². The Balaban J connectivity index is 1.01. The second kappa shape index (κ2) is 13.8. The van der Waals surface area contributed by atoms with E-state index in [1.807, 2.05) is 42.5 Å². The highest BCUT2D eigenvalue weighted by molar-refractivity contribution is 6.14. The number of para-hydroxylation sites is 2. The molecule has 0 aliphatic carbocycles. The van der Waals surface area contributed by atoms with Crippen LogP contribution in [0.3, 0.4) is 0 Å². The molecule has 3 aromatic heterocycles. The summed E-state index contributed by atoms with van der Waals surface area (Å²) >= 11 is 0. The number of benzene rings is 9. The zero-order valence-electron chi connectivity index (χ0n) is 32.3. The highest BCUT2D eigenvalue weighted by Crippen LogP contribution is 2.40. The number of fused-ring (bicyclic) bond motifs is 7. The summed E-state index contributed by atoms with van der Waals surface area (Å²) in [4.78, 5) is 15.4. The zero-order valence-corrected chi connectivity index (χ0v) is 32.3. The van der Waals surface area contributed by atoms with Crippen LogP contribution in [0.5, 0.6) is 0 Å². The molecule has 0 saturated heterocycles. The molecule has 0 aliphatic heterocycles. The fraction of sp³-hybridized carbons (Fsp3) is 0. The van der Waals surface area contributed by atoms with Crippen molar-refractivity contribution in [1.29, 1.82) is 0 Å². The summed E-state index contributed by atoms with van der Waals surface area (Å²) in [6.45, 7) is 0. The van der Waals surface area contributed by atoms with Crippen LogP contribution >= 0.6 is 0 Å². The van der Waals surface area contributed by atoms with E-state index >= 15 is 0 Å². The van der Waals surface area contributed by atoms with Gasteiger partial charge in [0.2, 0.25) is 0 Å². The van der Waals surface area contributed by atoms with Gasteiger partial charge in [-0.2, -0.15) is 0 Å². The molecule has 0 atom stereocenters. The van der Waals surface area contributed by atoms with E-state index in [1.54, 1.807) is 0 Å². The summed E-state index contributed by atoms with van der Waals surface area (Å²) < 4.78 is 8.65. The molecule has 0 amide bonds. The molecule has 60 heavy (non-hydrogen) atoms. The maximum atomic E-state index is 6.29. The Labute approximate surface area is 345 Å². The van der Waals surface area contributed by atoms with Crippen molar-refractivity contribution >= 4 is 54.5 Å². The molecule has 12 aromatic rings. The molecule has 12 rings (SSSR count). The van der Waals surface area contributed by atoms with Gasteiger partial charge in [-0.25, -0.2) is 15.0 Å². The van der Waals surface area contributed by atoms with Gasteiger partial charge in [0.05, 0.1) is 11.0 Å². The van der Waals surface area contributed by atoms with Gasteiger partial charge in [-0.1, -0.05) is 158 Å². The van der Waals surface area contributed by atoms with E-state index in [9.17, 15) is 0 Å². The monoisotopic (exact) mass is 766 g/mol.